The molecule has 0 spiro atoms. The molecule has 17 heavy (non-hydrogen) atoms. The Kier molecular flexibility index (Phi) is 2.69. The number of aromatic nitrogens is 1. The van der Waals surface area contributed by atoms with Crippen molar-refractivity contribution in [2.45, 2.75) is 26.2 Å². The third-order valence-electron chi connectivity index (χ3n) is 3.90. The Morgan fingerprint density at radius 1 is 1.41 bits per heavy atom. The van der Waals surface area contributed by atoms with Gasteiger partial charge in [0, 0.05) is 5.92 Å². The molecule has 0 radical (unpaired) electrons. The lowest BCUT2D eigenvalue weighted by Crippen LogP contribution is -2.21. The van der Waals surface area contributed by atoms with Crippen LogP contribution in [0.3, 0.4) is 0 Å². The molecule has 2 fully saturated rings. The van der Waals surface area contributed by atoms with E-state index in [1.165, 1.54) is 6.42 Å². The van der Waals surface area contributed by atoms with Crippen molar-refractivity contribution in [3.8, 4) is 0 Å². The molecule has 0 saturated heterocycles. The summed E-state index contributed by atoms with van der Waals surface area (Å²) in [6.45, 7) is 1.97. The van der Waals surface area contributed by atoms with Gasteiger partial charge in [-0.2, -0.15) is 0 Å². The minimum absolute atomic E-state index is 0.167. The molecule has 2 unspecified atom stereocenters. The number of nitrogens with one attached hydrogen (secondary N) is 1. The standard InChI is InChI=1S/C13H15BrN2O/c1-7-2-11(6-15-12(7)14)16-13(17)10-4-8-3-9(8)5-10/h2,6,8-10H,3-5H2,1H3,(H,16,17). The van der Waals surface area contributed by atoms with Gasteiger partial charge in [0.2, 0.25) is 5.91 Å². The van der Waals surface area contributed by atoms with Crippen molar-refractivity contribution in [1.29, 1.82) is 0 Å². The lowest BCUT2D eigenvalue weighted by atomic mass is 10.0. The fourth-order valence-corrected chi connectivity index (χ4v) is 3.02. The van der Waals surface area contributed by atoms with Crippen molar-refractivity contribution in [1.82, 2.24) is 4.98 Å². The number of pyridine rings is 1. The normalized spacial score (nSPS) is 29.9. The Labute approximate surface area is 109 Å². The van der Waals surface area contributed by atoms with Gasteiger partial charge < -0.3 is 5.32 Å². The van der Waals surface area contributed by atoms with Gasteiger partial charge >= 0.3 is 0 Å². The summed E-state index contributed by atoms with van der Waals surface area (Å²) in [5, 5.41) is 2.97. The molecule has 1 heterocycles. The number of amides is 1. The maximum Gasteiger partial charge on any atom is 0.227 e. The van der Waals surface area contributed by atoms with E-state index in [0.29, 0.717) is 0 Å². The van der Waals surface area contributed by atoms with Crippen LogP contribution in [-0.4, -0.2) is 10.9 Å². The smallest absolute Gasteiger partial charge is 0.227 e. The monoisotopic (exact) mass is 294 g/mol. The van der Waals surface area contributed by atoms with Gasteiger partial charge in [0.25, 0.3) is 0 Å². The first kappa shape index (κ1) is 11.2. The molecule has 4 heteroatoms. The first-order chi connectivity index (χ1) is 8.13. The van der Waals surface area contributed by atoms with Gasteiger partial charge in [-0.15, -0.1) is 0 Å². The number of aryl methyl sites for hydroxylation is 1. The van der Waals surface area contributed by atoms with E-state index in [1.807, 2.05) is 13.0 Å². The van der Waals surface area contributed by atoms with Gasteiger partial charge in [-0.05, 0) is 65.6 Å². The molecular formula is C13H15BrN2O. The third-order valence-corrected chi connectivity index (χ3v) is 4.73. The van der Waals surface area contributed by atoms with Crippen LogP contribution < -0.4 is 5.32 Å². The maximum absolute atomic E-state index is 12.0. The second-order valence-corrected chi connectivity index (χ2v) is 6.00. The van der Waals surface area contributed by atoms with Gasteiger partial charge in [0.15, 0.2) is 0 Å². The minimum Gasteiger partial charge on any atom is -0.324 e. The minimum atomic E-state index is 0.167. The largest absolute Gasteiger partial charge is 0.324 e. The molecule has 0 aromatic carbocycles. The van der Waals surface area contributed by atoms with E-state index >= 15 is 0 Å². The zero-order valence-corrected chi connectivity index (χ0v) is 11.3. The molecule has 1 N–H and O–H groups in total. The van der Waals surface area contributed by atoms with Crippen molar-refractivity contribution in [2.24, 2.45) is 17.8 Å². The quantitative estimate of drug-likeness (QED) is 0.852. The number of carbonyl (C=O) groups is 1. The summed E-state index contributed by atoms with van der Waals surface area (Å²) < 4.78 is 0.831. The van der Waals surface area contributed by atoms with E-state index in [4.69, 9.17) is 0 Å². The molecule has 1 aromatic rings. The topological polar surface area (TPSA) is 42.0 Å². The van der Waals surface area contributed by atoms with Crippen LogP contribution >= 0.6 is 15.9 Å². The van der Waals surface area contributed by atoms with E-state index in [9.17, 15) is 4.79 Å². The Morgan fingerprint density at radius 3 is 2.76 bits per heavy atom. The highest BCUT2D eigenvalue weighted by atomic mass is 79.9. The number of halogens is 1. The molecule has 0 bridgehead atoms. The zero-order chi connectivity index (χ0) is 12.0. The summed E-state index contributed by atoms with van der Waals surface area (Å²) >= 11 is 3.35. The Morgan fingerprint density at radius 2 is 2.12 bits per heavy atom. The van der Waals surface area contributed by atoms with Gasteiger partial charge in [0.1, 0.15) is 4.60 Å². The predicted molar refractivity (Wildman–Crippen MR) is 69.6 cm³/mol. The van der Waals surface area contributed by atoms with Crippen LogP contribution in [0.1, 0.15) is 24.8 Å². The average molecular weight is 295 g/mol. The van der Waals surface area contributed by atoms with Crippen LogP contribution in [0.15, 0.2) is 16.9 Å². The van der Waals surface area contributed by atoms with Crippen LogP contribution in [0.5, 0.6) is 0 Å². The van der Waals surface area contributed by atoms with E-state index in [2.05, 4.69) is 26.2 Å². The second kappa shape index (κ2) is 4.09. The number of hydrogen-bond donors (Lipinski definition) is 1. The van der Waals surface area contributed by atoms with Crippen LogP contribution in [-0.2, 0) is 4.79 Å². The van der Waals surface area contributed by atoms with Crippen molar-refractivity contribution < 1.29 is 4.79 Å². The lowest BCUT2D eigenvalue weighted by molar-refractivity contribution is -0.120. The fraction of sp³-hybridized carbons (Fsp3) is 0.538. The molecular weight excluding hydrogens is 280 g/mol. The van der Waals surface area contributed by atoms with Gasteiger partial charge in [-0.25, -0.2) is 4.98 Å². The number of fused-ring (bicyclic) bond motifs is 1. The molecule has 1 amide bonds. The van der Waals surface area contributed by atoms with Crippen molar-refractivity contribution >= 4 is 27.5 Å². The Hall–Kier alpha value is -0.900. The summed E-state index contributed by atoms with van der Waals surface area (Å²) in [7, 11) is 0. The van der Waals surface area contributed by atoms with Crippen LogP contribution in [0.2, 0.25) is 0 Å². The molecule has 90 valence electrons. The fourth-order valence-electron chi connectivity index (χ4n) is 2.80. The maximum atomic E-state index is 12.0. The SMILES string of the molecule is Cc1cc(NC(=O)C2CC3CC3C2)cnc1Br. The number of anilines is 1. The summed E-state index contributed by atoms with van der Waals surface area (Å²) in [5.41, 5.74) is 1.84. The van der Waals surface area contributed by atoms with Crippen LogP contribution in [0, 0.1) is 24.7 Å². The molecule has 3 rings (SSSR count). The highest BCUT2D eigenvalue weighted by Gasteiger charge is 2.47. The Balaban J connectivity index is 1.65. The molecule has 2 saturated carbocycles. The molecule has 2 aliphatic rings. The Bertz CT molecular complexity index is 464. The van der Waals surface area contributed by atoms with E-state index < -0.39 is 0 Å². The highest BCUT2D eigenvalue weighted by molar-refractivity contribution is 9.10. The first-order valence-corrected chi connectivity index (χ1v) is 6.86. The molecule has 1 aromatic heterocycles. The lowest BCUT2D eigenvalue weighted by Gasteiger charge is -2.12. The molecule has 2 aliphatic carbocycles. The first-order valence-electron chi connectivity index (χ1n) is 6.06. The highest BCUT2D eigenvalue weighted by Crippen LogP contribution is 2.54. The number of nitrogens with zero attached hydrogens (tertiary/aromatic N) is 1. The number of rotatable bonds is 2. The third kappa shape index (κ3) is 2.23. The predicted octanol–water partition coefficient (Wildman–Crippen LogP) is 3.14. The number of carbonyl (C=O) groups excluding carboxylic acids is 1. The van der Waals surface area contributed by atoms with Crippen LogP contribution in [0.4, 0.5) is 5.69 Å². The van der Waals surface area contributed by atoms with Crippen LogP contribution in [0.25, 0.3) is 0 Å². The molecule has 3 nitrogen and oxygen atoms in total. The summed E-state index contributed by atoms with van der Waals surface area (Å²) in [6.07, 6.45) is 5.21. The van der Waals surface area contributed by atoms with Crippen molar-refractivity contribution in [2.75, 3.05) is 5.32 Å². The van der Waals surface area contributed by atoms with E-state index in [-0.39, 0.29) is 11.8 Å². The summed E-state index contributed by atoms with van der Waals surface area (Å²) in [4.78, 5) is 16.2. The molecule has 2 atom stereocenters. The average Bonchev–Trinajstić information content (AvgIpc) is 2.91. The summed E-state index contributed by atoms with van der Waals surface area (Å²) in [6, 6.07) is 1.95. The van der Waals surface area contributed by atoms with Gasteiger partial charge in [-0.3, -0.25) is 4.79 Å². The molecule has 0 aliphatic heterocycles. The van der Waals surface area contributed by atoms with Gasteiger partial charge in [0.05, 0.1) is 11.9 Å². The van der Waals surface area contributed by atoms with Crippen molar-refractivity contribution in [3.05, 3.63) is 22.4 Å². The van der Waals surface area contributed by atoms with E-state index in [0.717, 1.165) is 40.5 Å². The van der Waals surface area contributed by atoms with E-state index in [1.54, 1.807) is 6.20 Å². The zero-order valence-electron chi connectivity index (χ0n) is 9.74. The second-order valence-electron chi connectivity index (χ2n) is 5.25. The summed E-state index contributed by atoms with van der Waals surface area (Å²) in [5.74, 6) is 2.08. The number of hydrogen-bond acceptors (Lipinski definition) is 2. The van der Waals surface area contributed by atoms with Crippen molar-refractivity contribution in [3.63, 3.8) is 0 Å². The van der Waals surface area contributed by atoms with Gasteiger partial charge in [-0.1, -0.05) is 0 Å².